The summed E-state index contributed by atoms with van der Waals surface area (Å²) in [7, 11) is 0. The van der Waals surface area contributed by atoms with Crippen molar-refractivity contribution in [2.24, 2.45) is 0 Å². The first kappa shape index (κ1) is 21.7. The van der Waals surface area contributed by atoms with Crippen molar-refractivity contribution >= 4 is 29.1 Å². The zero-order valence-electron chi connectivity index (χ0n) is 16.6. The summed E-state index contributed by atoms with van der Waals surface area (Å²) < 4.78 is 4.04. The molecule has 0 radical (unpaired) electrons. The predicted octanol–water partition coefficient (Wildman–Crippen LogP) is 2.10. The van der Waals surface area contributed by atoms with Gasteiger partial charge in [0.1, 0.15) is 17.3 Å². The molecule has 0 aliphatic rings. The molecule has 0 saturated carbocycles. The van der Waals surface area contributed by atoms with Gasteiger partial charge in [-0.05, 0) is 43.9 Å². The van der Waals surface area contributed by atoms with E-state index >= 15 is 0 Å². The van der Waals surface area contributed by atoms with E-state index in [2.05, 4.69) is 10.2 Å². The van der Waals surface area contributed by atoms with Gasteiger partial charge >= 0.3 is 5.69 Å². The lowest BCUT2D eigenvalue weighted by molar-refractivity contribution is 0.103. The van der Waals surface area contributed by atoms with Crippen molar-refractivity contribution in [3.8, 4) is 6.07 Å². The standard InChI is InChI=1S/C19H19ClN6O3S/c1-4-24-18(30-3)23-26(19(24)29)10-11-6-12(8-13(20)7-11)16(27)15-14(9-21)22-25(5-2)17(15)28/h6-8,22H,4-5,10H2,1-3H3. The van der Waals surface area contributed by atoms with Crippen LogP contribution in [-0.2, 0) is 19.6 Å². The Hall–Kier alpha value is -3.03. The highest BCUT2D eigenvalue weighted by atomic mass is 35.5. The third kappa shape index (κ3) is 3.86. The molecule has 0 atom stereocenters. The number of thioether (sulfide) groups is 1. The molecule has 156 valence electrons. The Morgan fingerprint density at radius 1 is 1.27 bits per heavy atom. The van der Waals surface area contributed by atoms with Gasteiger partial charge in [0.25, 0.3) is 5.56 Å². The number of aromatic nitrogens is 5. The lowest BCUT2D eigenvalue weighted by Gasteiger charge is -2.06. The molecule has 3 aromatic rings. The van der Waals surface area contributed by atoms with Gasteiger partial charge in [-0.1, -0.05) is 23.4 Å². The first-order chi connectivity index (χ1) is 14.3. The van der Waals surface area contributed by atoms with Gasteiger partial charge in [-0.3, -0.25) is 23.9 Å². The number of benzene rings is 1. The molecule has 0 bridgehead atoms. The monoisotopic (exact) mass is 446 g/mol. The fourth-order valence-corrected chi connectivity index (χ4v) is 4.00. The molecular formula is C19H19ClN6O3S. The summed E-state index contributed by atoms with van der Waals surface area (Å²) in [5, 5.41) is 17.1. The average Bonchev–Trinajstić information content (AvgIpc) is 3.22. The number of nitrogens with one attached hydrogen (secondary N) is 1. The van der Waals surface area contributed by atoms with Crippen LogP contribution in [0.5, 0.6) is 0 Å². The highest BCUT2D eigenvalue weighted by Gasteiger charge is 2.23. The number of ketones is 1. The van der Waals surface area contributed by atoms with Gasteiger partial charge in [0.2, 0.25) is 5.78 Å². The van der Waals surface area contributed by atoms with Crippen molar-refractivity contribution in [1.29, 1.82) is 5.26 Å². The minimum Gasteiger partial charge on any atom is -0.288 e. The fraction of sp³-hybridized carbons (Fsp3) is 0.316. The van der Waals surface area contributed by atoms with E-state index in [4.69, 9.17) is 11.6 Å². The average molecular weight is 447 g/mol. The number of rotatable bonds is 7. The summed E-state index contributed by atoms with van der Waals surface area (Å²) in [6.45, 7) is 4.47. The molecule has 0 aliphatic heterocycles. The Morgan fingerprint density at radius 2 is 2.00 bits per heavy atom. The molecule has 3 rings (SSSR count). The van der Waals surface area contributed by atoms with E-state index in [-0.39, 0.29) is 34.1 Å². The Bertz CT molecular complexity index is 1280. The minimum atomic E-state index is -0.611. The normalized spacial score (nSPS) is 10.9. The quantitative estimate of drug-likeness (QED) is 0.438. The van der Waals surface area contributed by atoms with Gasteiger partial charge in [0, 0.05) is 23.7 Å². The van der Waals surface area contributed by atoms with E-state index in [0.29, 0.717) is 23.8 Å². The third-order valence-electron chi connectivity index (χ3n) is 4.55. The zero-order valence-corrected chi connectivity index (χ0v) is 18.2. The van der Waals surface area contributed by atoms with Crippen LogP contribution >= 0.6 is 23.4 Å². The molecule has 0 unspecified atom stereocenters. The number of hydrogen-bond donors (Lipinski definition) is 1. The van der Waals surface area contributed by atoms with Gasteiger partial charge in [-0.2, -0.15) is 5.26 Å². The number of carbonyl (C=O) groups excluding carboxylic acids is 1. The summed E-state index contributed by atoms with van der Waals surface area (Å²) >= 11 is 7.56. The van der Waals surface area contributed by atoms with Crippen molar-refractivity contribution in [2.45, 2.75) is 38.6 Å². The van der Waals surface area contributed by atoms with Crippen LogP contribution in [0.2, 0.25) is 5.02 Å². The van der Waals surface area contributed by atoms with Gasteiger partial charge < -0.3 is 0 Å². The van der Waals surface area contributed by atoms with Crippen molar-refractivity contribution in [3.63, 3.8) is 0 Å². The molecule has 1 aromatic carbocycles. The number of nitrogens with zero attached hydrogens (tertiary/aromatic N) is 5. The molecule has 1 N–H and O–H groups in total. The third-order valence-corrected chi connectivity index (χ3v) is 5.44. The predicted molar refractivity (Wildman–Crippen MR) is 113 cm³/mol. The van der Waals surface area contributed by atoms with E-state index in [1.54, 1.807) is 23.6 Å². The number of carbonyl (C=O) groups is 1. The number of H-pyrrole nitrogens is 1. The second kappa shape index (κ2) is 8.77. The molecule has 0 fully saturated rings. The molecule has 2 heterocycles. The molecule has 11 heteroatoms. The van der Waals surface area contributed by atoms with Crippen molar-refractivity contribution in [2.75, 3.05) is 6.26 Å². The summed E-state index contributed by atoms with van der Waals surface area (Å²) in [6.07, 6.45) is 1.83. The topological polar surface area (TPSA) is 118 Å². The SMILES string of the molecule is CCn1[nH]c(C#N)c(C(=O)c2cc(Cl)cc(Cn3nc(SC)n(CC)c3=O)c2)c1=O. The maximum atomic E-state index is 13.0. The van der Waals surface area contributed by atoms with Crippen LogP contribution in [0, 0.1) is 11.3 Å². The smallest absolute Gasteiger partial charge is 0.288 e. The number of halogens is 1. The highest BCUT2D eigenvalue weighted by Crippen LogP contribution is 2.19. The molecule has 2 aromatic heterocycles. The first-order valence-corrected chi connectivity index (χ1v) is 10.7. The number of aromatic amines is 1. The highest BCUT2D eigenvalue weighted by molar-refractivity contribution is 7.98. The van der Waals surface area contributed by atoms with Crippen molar-refractivity contribution < 1.29 is 4.79 Å². The molecule has 9 nitrogen and oxygen atoms in total. The largest absolute Gasteiger partial charge is 0.346 e. The maximum Gasteiger partial charge on any atom is 0.346 e. The Kier molecular flexibility index (Phi) is 6.34. The number of nitriles is 1. The van der Waals surface area contributed by atoms with Crippen molar-refractivity contribution in [1.82, 2.24) is 24.1 Å². The molecule has 0 aliphatic carbocycles. The lowest BCUT2D eigenvalue weighted by Crippen LogP contribution is -2.25. The summed E-state index contributed by atoms with van der Waals surface area (Å²) in [6, 6.07) is 6.45. The fourth-order valence-electron chi connectivity index (χ4n) is 3.13. The lowest BCUT2D eigenvalue weighted by atomic mass is 10.0. The Balaban J connectivity index is 2.03. The summed E-state index contributed by atoms with van der Waals surface area (Å²) in [5.41, 5.74) is -0.436. The van der Waals surface area contributed by atoms with Gasteiger partial charge in [-0.25, -0.2) is 9.48 Å². The second-order valence-corrected chi connectivity index (χ2v) is 7.58. The second-order valence-electron chi connectivity index (χ2n) is 6.37. The van der Waals surface area contributed by atoms with Crippen LogP contribution in [0.3, 0.4) is 0 Å². The van der Waals surface area contributed by atoms with Gasteiger partial charge in [-0.15, -0.1) is 5.10 Å². The Morgan fingerprint density at radius 3 is 2.57 bits per heavy atom. The van der Waals surface area contributed by atoms with Crippen LogP contribution in [-0.4, -0.2) is 36.2 Å². The van der Waals surface area contributed by atoms with E-state index in [9.17, 15) is 19.6 Å². The van der Waals surface area contributed by atoms with E-state index in [1.807, 2.05) is 19.2 Å². The number of hydrogen-bond acceptors (Lipinski definition) is 6. The van der Waals surface area contributed by atoms with E-state index in [0.717, 1.165) is 0 Å². The zero-order chi connectivity index (χ0) is 22.0. The van der Waals surface area contributed by atoms with Gasteiger partial charge in [0.15, 0.2) is 5.16 Å². The summed E-state index contributed by atoms with van der Waals surface area (Å²) in [5.74, 6) is -0.611. The van der Waals surface area contributed by atoms with Gasteiger partial charge in [0.05, 0.1) is 6.54 Å². The molecule has 0 amide bonds. The van der Waals surface area contributed by atoms with Crippen LogP contribution in [0.25, 0.3) is 0 Å². The van der Waals surface area contributed by atoms with Crippen molar-refractivity contribution in [3.05, 3.63) is 66.4 Å². The van der Waals surface area contributed by atoms with Crippen LogP contribution < -0.4 is 11.2 Å². The first-order valence-electron chi connectivity index (χ1n) is 9.13. The molecule has 0 spiro atoms. The minimum absolute atomic E-state index is 0.101. The number of aryl methyl sites for hydroxylation is 1. The van der Waals surface area contributed by atoms with E-state index < -0.39 is 11.3 Å². The van der Waals surface area contributed by atoms with Crippen LogP contribution in [0.1, 0.15) is 41.0 Å². The summed E-state index contributed by atoms with van der Waals surface area (Å²) in [4.78, 5) is 38.0. The molecular weight excluding hydrogens is 428 g/mol. The van der Waals surface area contributed by atoms with E-state index in [1.165, 1.54) is 27.2 Å². The maximum absolute atomic E-state index is 13.0. The molecule has 0 saturated heterocycles. The Labute approximate surface area is 180 Å². The molecule has 30 heavy (non-hydrogen) atoms. The van der Waals surface area contributed by atoms with Crippen LogP contribution in [0.4, 0.5) is 0 Å². The van der Waals surface area contributed by atoms with Crippen LogP contribution in [0.15, 0.2) is 32.9 Å².